The van der Waals surface area contributed by atoms with Crippen LogP contribution in [0, 0.1) is 11.6 Å². The lowest BCUT2D eigenvalue weighted by Gasteiger charge is -2.35. The van der Waals surface area contributed by atoms with Gasteiger partial charge in [-0.1, -0.05) is 84.9 Å². The maximum atomic E-state index is 14.7. The second-order valence-electron chi connectivity index (χ2n) is 8.25. The van der Waals surface area contributed by atoms with Crippen LogP contribution in [0.5, 0.6) is 0 Å². The quantitative estimate of drug-likeness (QED) is 0.236. The van der Waals surface area contributed by atoms with Crippen LogP contribution in [-0.4, -0.2) is 0 Å². The second-order valence-corrected chi connectivity index (χ2v) is 11.8. The zero-order valence-corrected chi connectivity index (χ0v) is 19.5. The summed E-state index contributed by atoms with van der Waals surface area (Å²) in [4.78, 5) is 0. The first kappa shape index (κ1) is 22.2. The van der Waals surface area contributed by atoms with Gasteiger partial charge in [0.1, 0.15) is 40.5 Å². The Hall–Kier alpha value is -3.61. The predicted molar refractivity (Wildman–Crippen MR) is 140 cm³/mol. The molecule has 0 aromatic heterocycles. The number of rotatable bonds is 6. The largest absolute Gasteiger partial charge is 0.207 e. The Labute approximate surface area is 199 Å². The highest BCUT2D eigenvalue weighted by Gasteiger charge is 2.53. The molecule has 0 aliphatic carbocycles. The molecule has 5 rings (SSSR count). The summed E-state index contributed by atoms with van der Waals surface area (Å²) in [6, 6.07) is 45.2. The van der Waals surface area contributed by atoms with Crippen LogP contribution in [0.1, 0.15) is 16.8 Å². The molecule has 0 nitrogen and oxygen atoms in total. The number of hydrogen-bond acceptors (Lipinski definition) is 0. The summed E-state index contributed by atoms with van der Waals surface area (Å²) in [7, 11) is -2.48. The maximum absolute atomic E-state index is 14.7. The van der Waals surface area contributed by atoms with Gasteiger partial charge in [0.15, 0.2) is 0 Å². The molecule has 5 aromatic carbocycles. The molecule has 1 atom stereocenters. The van der Waals surface area contributed by atoms with E-state index in [9.17, 15) is 8.78 Å². The minimum absolute atomic E-state index is 0.286. The molecule has 0 aliphatic heterocycles. The topological polar surface area (TPSA) is 0 Å². The van der Waals surface area contributed by atoms with Crippen molar-refractivity contribution >= 4 is 23.2 Å². The summed E-state index contributed by atoms with van der Waals surface area (Å²) in [5.41, 5.74) is 1.37. The first-order valence-electron chi connectivity index (χ1n) is 11.3. The van der Waals surface area contributed by atoms with E-state index in [2.05, 4.69) is 48.5 Å². The molecule has 0 amide bonds. The van der Waals surface area contributed by atoms with Crippen molar-refractivity contribution in [2.45, 2.75) is 5.66 Å². The van der Waals surface area contributed by atoms with Crippen molar-refractivity contribution in [3.63, 3.8) is 0 Å². The van der Waals surface area contributed by atoms with Crippen molar-refractivity contribution in [1.82, 2.24) is 0 Å². The summed E-state index contributed by atoms with van der Waals surface area (Å²) >= 11 is 0. The lowest BCUT2D eigenvalue weighted by molar-refractivity contribution is 0.580. The van der Waals surface area contributed by atoms with Crippen LogP contribution in [0.4, 0.5) is 8.78 Å². The fourth-order valence-electron chi connectivity index (χ4n) is 4.89. The van der Waals surface area contributed by atoms with Gasteiger partial charge < -0.3 is 0 Å². The molecular formula is C31H24F2P+. The van der Waals surface area contributed by atoms with Gasteiger partial charge >= 0.3 is 0 Å². The molecule has 0 N–H and O–H groups in total. The number of halogens is 2. The Bertz CT molecular complexity index is 1240. The fourth-order valence-corrected chi connectivity index (χ4v) is 9.82. The van der Waals surface area contributed by atoms with Gasteiger partial charge in [0, 0.05) is 11.6 Å². The van der Waals surface area contributed by atoms with Gasteiger partial charge in [-0.25, -0.2) is 8.78 Å². The molecule has 0 spiro atoms. The minimum Gasteiger partial charge on any atom is -0.207 e. The summed E-state index contributed by atoms with van der Waals surface area (Å²) < 4.78 is 29.3. The first-order chi connectivity index (χ1) is 16.7. The molecule has 166 valence electrons. The van der Waals surface area contributed by atoms with E-state index in [1.807, 2.05) is 72.8 Å². The van der Waals surface area contributed by atoms with Crippen molar-refractivity contribution in [2.75, 3.05) is 0 Å². The van der Waals surface area contributed by atoms with Crippen LogP contribution in [0.3, 0.4) is 0 Å². The van der Waals surface area contributed by atoms with E-state index in [0.717, 1.165) is 27.5 Å². The van der Waals surface area contributed by atoms with E-state index in [-0.39, 0.29) is 5.66 Å². The van der Waals surface area contributed by atoms with E-state index in [0.29, 0.717) is 5.56 Å². The van der Waals surface area contributed by atoms with Crippen LogP contribution in [0.25, 0.3) is 0 Å². The first-order valence-corrected chi connectivity index (χ1v) is 13.1. The van der Waals surface area contributed by atoms with Gasteiger partial charge in [-0.3, -0.25) is 0 Å². The van der Waals surface area contributed by atoms with Crippen LogP contribution in [-0.2, 0) is 0 Å². The highest BCUT2D eigenvalue weighted by Crippen LogP contribution is 2.68. The van der Waals surface area contributed by atoms with Crippen LogP contribution in [0.15, 0.2) is 140 Å². The van der Waals surface area contributed by atoms with Crippen molar-refractivity contribution in [3.8, 4) is 0 Å². The van der Waals surface area contributed by atoms with Crippen molar-refractivity contribution in [3.05, 3.63) is 162 Å². The van der Waals surface area contributed by atoms with Gasteiger partial charge in [-0.15, -0.1) is 0 Å². The standard InChI is InChI=1S/C31H24F2P/c32-26-21-25(22-27(33)23-26)31(24-13-5-1-6-14-24)34(28-15-7-2-8-16-28,29-17-9-3-10-18-29)30-19-11-4-12-20-30/h1-23,31H/q+1. The van der Waals surface area contributed by atoms with Crippen LogP contribution < -0.4 is 15.9 Å². The Kier molecular flexibility index (Phi) is 6.34. The normalized spacial score (nSPS) is 12.3. The summed E-state index contributed by atoms with van der Waals surface area (Å²) in [6.07, 6.45) is 0. The zero-order chi connectivity index (χ0) is 23.4. The van der Waals surface area contributed by atoms with E-state index in [4.69, 9.17) is 0 Å². The minimum atomic E-state index is -2.48. The van der Waals surface area contributed by atoms with Gasteiger partial charge in [0.25, 0.3) is 0 Å². The molecule has 0 heterocycles. The molecule has 1 unspecified atom stereocenters. The Morgan fingerprint density at radius 2 is 0.765 bits per heavy atom. The van der Waals surface area contributed by atoms with E-state index in [1.165, 1.54) is 12.1 Å². The van der Waals surface area contributed by atoms with Gasteiger partial charge in [-0.2, -0.15) is 0 Å². The molecule has 3 heteroatoms. The molecule has 0 aliphatic rings. The molecule has 5 aromatic rings. The second kappa shape index (κ2) is 9.71. The molecular weight excluding hydrogens is 441 g/mol. The third-order valence-electron chi connectivity index (χ3n) is 6.19. The smallest absolute Gasteiger partial charge is 0.134 e. The average molecular weight is 466 g/mol. The van der Waals surface area contributed by atoms with Gasteiger partial charge in [0.05, 0.1) is 0 Å². The van der Waals surface area contributed by atoms with Crippen LogP contribution in [0.2, 0.25) is 0 Å². The van der Waals surface area contributed by atoms with Crippen molar-refractivity contribution < 1.29 is 8.78 Å². The fraction of sp³-hybridized carbons (Fsp3) is 0.0323. The monoisotopic (exact) mass is 465 g/mol. The van der Waals surface area contributed by atoms with Crippen molar-refractivity contribution in [1.29, 1.82) is 0 Å². The Balaban J connectivity index is 1.96. The summed E-state index contributed by atoms with van der Waals surface area (Å²) in [6.45, 7) is 0. The molecule has 34 heavy (non-hydrogen) atoms. The molecule has 0 bridgehead atoms. The van der Waals surface area contributed by atoms with Crippen LogP contribution >= 0.6 is 7.26 Å². The maximum Gasteiger partial charge on any atom is 0.134 e. The van der Waals surface area contributed by atoms with Gasteiger partial charge in [0.2, 0.25) is 0 Å². The van der Waals surface area contributed by atoms with Crippen molar-refractivity contribution in [2.24, 2.45) is 0 Å². The SMILES string of the molecule is Fc1cc(F)cc(C(c2ccccc2)[P+](c2ccccc2)(c2ccccc2)c2ccccc2)c1. The molecule has 0 saturated heterocycles. The van der Waals surface area contributed by atoms with E-state index in [1.54, 1.807) is 0 Å². The third-order valence-corrected chi connectivity index (χ3v) is 10.9. The molecule has 0 saturated carbocycles. The lowest BCUT2D eigenvalue weighted by Crippen LogP contribution is -2.35. The Morgan fingerprint density at radius 1 is 0.412 bits per heavy atom. The molecule has 0 radical (unpaired) electrons. The highest BCUT2D eigenvalue weighted by molar-refractivity contribution is 7.96. The van der Waals surface area contributed by atoms with E-state index < -0.39 is 18.9 Å². The summed E-state index contributed by atoms with van der Waals surface area (Å²) in [5, 5.41) is 3.47. The van der Waals surface area contributed by atoms with E-state index >= 15 is 0 Å². The summed E-state index contributed by atoms with van der Waals surface area (Å²) in [5.74, 6) is -1.13. The predicted octanol–water partition coefficient (Wildman–Crippen LogP) is 7.05. The average Bonchev–Trinajstić information content (AvgIpc) is 2.89. The third kappa shape index (κ3) is 4.06. The number of benzene rings is 5. The van der Waals surface area contributed by atoms with Gasteiger partial charge in [-0.05, 0) is 54.1 Å². The molecule has 0 fully saturated rings. The Morgan fingerprint density at radius 3 is 1.15 bits per heavy atom. The highest BCUT2D eigenvalue weighted by atomic mass is 31.2. The zero-order valence-electron chi connectivity index (χ0n) is 18.6. The number of hydrogen-bond donors (Lipinski definition) is 0. The lowest BCUT2D eigenvalue weighted by atomic mass is 10.0.